The Hall–Kier alpha value is -0.630. The highest BCUT2D eigenvalue weighted by molar-refractivity contribution is 7.80. The summed E-state index contributed by atoms with van der Waals surface area (Å²) in [6.45, 7) is 7.43. The monoisotopic (exact) mass is 250 g/mol. The molecule has 0 atom stereocenters. The van der Waals surface area contributed by atoms with E-state index in [9.17, 15) is 0 Å². The third-order valence-corrected chi connectivity index (χ3v) is 4.37. The van der Waals surface area contributed by atoms with Crippen molar-refractivity contribution < 1.29 is 4.74 Å². The number of rotatable bonds is 5. The predicted octanol–water partition coefficient (Wildman–Crippen LogP) is 4.21. The zero-order chi connectivity index (χ0) is 12.5. The molecule has 1 saturated carbocycles. The van der Waals surface area contributed by atoms with Gasteiger partial charge in [0.1, 0.15) is 5.75 Å². The summed E-state index contributed by atoms with van der Waals surface area (Å²) in [5.74, 6) is 2.52. The zero-order valence-corrected chi connectivity index (χ0v) is 11.9. The van der Waals surface area contributed by atoms with Gasteiger partial charge in [0.15, 0.2) is 0 Å². The Morgan fingerprint density at radius 1 is 1.35 bits per heavy atom. The fraction of sp³-hybridized carbons (Fsp3) is 0.600. The molecule has 0 spiro atoms. The largest absolute Gasteiger partial charge is 0.493 e. The Labute approximate surface area is 110 Å². The normalized spacial score (nSPS) is 17.2. The Morgan fingerprint density at radius 3 is 2.53 bits per heavy atom. The summed E-state index contributed by atoms with van der Waals surface area (Å²) < 4.78 is 5.89. The van der Waals surface area contributed by atoms with Gasteiger partial charge in [-0.05, 0) is 54.7 Å². The summed E-state index contributed by atoms with van der Waals surface area (Å²) in [6.07, 6.45) is 2.53. The molecule has 2 heteroatoms. The van der Waals surface area contributed by atoms with Crippen LogP contribution in [0.15, 0.2) is 18.2 Å². The quantitative estimate of drug-likeness (QED) is 0.770. The van der Waals surface area contributed by atoms with E-state index in [-0.39, 0.29) is 0 Å². The number of benzene rings is 1. The Bertz CT molecular complexity index is 394. The van der Waals surface area contributed by atoms with Gasteiger partial charge in [-0.15, -0.1) is 0 Å². The average Bonchev–Trinajstić information content (AvgIpc) is 3.07. The predicted molar refractivity (Wildman–Crippen MR) is 76.3 cm³/mol. The van der Waals surface area contributed by atoms with Crippen LogP contribution in [0.2, 0.25) is 0 Å². The standard InChI is InChI=1S/C15H22OS/c1-11(2)14-5-4-13(8-12(14)3)16-9-15(10-17)6-7-15/h4-5,8,11,17H,6-7,9-10H2,1-3H3. The van der Waals surface area contributed by atoms with Crippen LogP contribution in [0.5, 0.6) is 5.75 Å². The lowest BCUT2D eigenvalue weighted by molar-refractivity contribution is 0.250. The molecule has 0 bridgehead atoms. The minimum Gasteiger partial charge on any atom is -0.493 e. The summed E-state index contributed by atoms with van der Waals surface area (Å²) >= 11 is 4.39. The maximum absolute atomic E-state index is 5.89. The molecule has 0 saturated heterocycles. The molecule has 1 aromatic rings. The van der Waals surface area contributed by atoms with E-state index in [0.29, 0.717) is 11.3 Å². The van der Waals surface area contributed by atoms with Gasteiger partial charge in [0.25, 0.3) is 0 Å². The topological polar surface area (TPSA) is 9.23 Å². The molecule has 17 heavy (non-hydrogen) atoms. The van der Waals surface area contributed by atoms with E-state index in [4.69, 9.17) is 4.74 Å². The van der Waals surface area contributed by atoms with Gasteiger partial charge in [0.05, 0.1) is 6.61 Å². The summed E-state index contributed by atoms with van der Waals surface area (Å²) in [5.41, 5.74) is 3.11. The molecule has 0 heterocycles. The fourth-order valence-electron chi connectivity index (χ4n) is 2.15. The summed E-state index contributed by atoms with van der Waals surface area (Å²) in [5, 5.41) is 0. The van der Waals surface area contributed by atoms with Crippen molar-refractivity contribution in [2.24, 2.45) is 5.41 Å². The lowest BCUT2D eigenvalue weighted by Gasteiger charge is -2.16. The fourth-order valence-corrected chi connectivity index (χ4v) is 2.55. The van der Waals surface area contributed by atoms with Gasteiger partial charge in [-0.3, -0.25) is 0 Å². The molecule has 1 nitrogen and oxygen atoms in total. The van der Waals surface area contributed by atoms with Gasteiger partial charge >= 0.3 is 0 Å². The van der Waals surface area contributed by atoms with E-state index >= 15 is 0 Å². The highest BCUT2D eigenvalue weighted by Gasteiger charge is 2.42. The smallest absolute Gasteiger partial charge is 0.119 e. The minimum atomic E-state index is 0.369. The van der Waals surface area contributed by atoms with Gasteiger partial charge in [-0.1, -0.05) is 19.9 Å². The first kappa shape index (κ1) is 12.8. The number of hydrogen-bond donors (Lipinski definition) is 1. The molecule has 94 valence electrons. The number of ether oxygens (including phenoxy) is 1. The van der Waals surface area contributed by atoms with Gasteiger partial charge in [0, 0.05) is 5.41 Å². The Balaban J connectivity index is 2.00. The molecular weight excluding hydrogens is 228 g/mol. The van der Waals surface area contributed by atoms with Crippen LogP contribution in [0.25, 0.3) is 0 Å². The van der Waals surface area contributed by atoms with Crippen molar-refractivity contribution in [3.8, 4) is 5.75 Å². The average molecular weight is 250 g/mol. The Morgan fingerprint density at radius 2 is 2.06 bits per heavy atom. The molecular formula is C15H22OS. The van der Waals surface area contributed by atoms with Crippen LogP contribution in [-0.4, -0.2) is 12.4 Å². The van der Waals surface area contributed by atoms with Crippen LogP contribution in [0, 0.1) is 12.3 Å². The van der Waals surface area contributed by atoms with E-state index in [1.807, 2.05) is 0 Å². The molecule has 0 aliphatic heterocycles. The van der Waals surface area contributed by atoms with E-state index < -0.39 is 0 Å². The van der Waals surface area contributed by atoms with Crippen LogP contribution in [0.1, 0.15) is 43.7 Å². The van der Waals surface area contributed by atoms with Crippen molar-refractivity contribution >= 4 is 12.6 Å². The van der Waals surface area contributed by atoms with Crippen LogP contribution >= 0.6 is 12.6 Å². The SMILES string of the molecule is Cc1cc(OCC2(CS)CC2)ccc1C(C)C. The summed E-state index contributed by atoms with van der Waals surface area (Å²) in [4.78, 5) is 0. The van der Waals surface area contributed by atoms with Crippen LogP contribution in [0.4, 0.5) is 0 Å². The lowest BCUT2D eigenvalue weighted by Crippen LogP contribution is -2.14. The maximum Gasteiger partial charge on any atom is 0.119 e. The molecule has 0 amide bonds. The molecule has 0 unspecified atom stereocenters. The molecule has 2 rings (SSSR count). The molecule has 0 radical (unpaired) electrons. The van der Waals surface area contributed by atoms with Crippen LogP contribution in [0.3, 0.4) is 0 Å². The molecule has 1 aliphatic carbocycles. The van der Waals surface area contributed by atoms with Crippen LogP contribution < -0.4 is 4.74 Å². The second-order valence-corrected chi connectivity index (χ2v) is 5.94. The first-order valence-electron chi connectivity index (χ1n) is 6.40. The number of aryl methyl sites for hydroxylation is 1. The number of thiol groups is 1. The van der Waals surface area contributed by atoms with Gasteiger partial charge < -0.3 is 4.74 Å². The van der Waals surface area contributed by atoms with Crippen LogP contribution in [-0.2, 0) is 0 Å². The van der Waals surface area contributed by atoms with Crippen molar-refractivity contribution in [3.63, 3.8) is 0 Å². The van der Waals surface area contributed by atoms with Gasteiger partial charge in [-0.25, -0.2) is 0 Å². The van der Waals surface area contributed by atoms with Crippen molar-refractivity contribution in [1.82, 2.24) is 0 Å². The number of hydrogen-bond acceptors (Lipinski definition) is 2. The van der Waals surface area contributed by atoms with E-state index in [2.05, 4.69) is 51.6 Å². The van der Waals surface area contributed by atoms with Crippen molar-refractivity contribution in [2.45, 2.75) is 39.5 Å². The third kappa shape index (κ3) is 2.98. The first-order chi connectivity index (χ1) is 8.06. The first-order valence-corrected chi connectivity index (χ1v) is 7.04. The highest BCUT2D eigenvalue weighted by atomic mass is 32.1. The van der Waals surface area contributed by atoms with Crippen molar-refractivity contribution in [1.29, 1.82) is 0 Å². The van der Waals surface area contributed by atoms with Crippen molar-refractivity contribution in [3.05, 3.63) is 29.3 Å². The summed E-state index contributed by atoms with van der Waals surface area (Å²) in [7, 11) is 0. The van der Waals surface area contributed by atoms with Gasteiger partial charge in [-0.2, -0.15) is 12.6 Å². The molecule has 0 N–H and O–H groups in total. The molecule has 1 aliphatic rings. The van der Waals surface area contributed by atoms with Gasteiger partial charge in [0.2, 0.25) is 0 Å². The molecule has 1 aromatic carbocycles. The van der Waals surface area contributed by atoms with E-state index in [1.165, 1.54) is 24.0 Å². The Kier molecular flexibility index (Phi) is 3.72. The van der Waals surface area contributed by atoms with E-state index in [0.717, 1.165) is 18.1 Å². The van der Waals surface area contributed by atoms with E-state index in [1.54, 1.807) is 0 Å². The minimum absolute atomic E-state index is 0.369. The second-order valence-electron chi connectivity index (χ2n) is 5.62. The third-order valence-electron chi connectivity index (χ3n) is 3.70. The second kappa shape index (κ2) is 4.93. The lowest BCUT2D eigenvalue weighted by atomic mass is 9.98. The molecule has 1 fully saturated rings. The highest BCUT2D eigenvalue weighted by Crippen LogP contribution is 2.46. The zero-order valence-electron chi connectivity index (χ0n) is 11.0. The summed E-state index contributed by atoms with van der Waals surface area (Å²) in [6, 6.07) is 6.44. The van der Waals surface area contributed by atoms with Crippen molar-refractivity contribution in [2.75, 3.05) is 12.4 Å². The maximum atomic E-state index is 5.89. The molecule has 0 aromatic heterocycles.